The van der Waals surface area contributed by atoms with Crippen LogP contribution in [0.4, 0.5) is 5.69 Å². The second-order valence-electron chi connectivity index (χ2n) is 6.40. The van der Waals surface area contributed by atoms with Gasteiger partial charge in [-0.05, 0) is 42.3 Å². The zero-order chi connectivity index (χ0) is 19.7. The highest BCUT2D eigenvalue weighted by molar-refractivity contribution is 7.89. The lowest BCUT2D eigenvalue weighted by Crippen LogP contribution is -2.32. The number of anilines is 1. The smallest absolute Gasteiger partial charge is 0.277 e. The summed E-state index contributed by atoms with van der Waals surface area (Å²) < 4.78 is 28.7. The summed E-state index contributed by atoms with van der Waals surface area (Å²) in [5, 5.41) is 11.0. The molecule has 1 amide bonds. The third kappa shape index (κ3) is 3.51. The molecule has 0 bridgehead atoms. The fraction of sp³-hybridized carbons (Fsp3) is 0.222. The molecule has 0 spiro atoms. The Morgan fingerprint density at radius 3 is 2.79 bits per heavy atom. The van der Waals surface area contributed by atoms with Crippen molar-refractivity contribution in [3.05, 3.63) is 58.4 Å². The average Bonchev–Trinajstić information content (AvgIpc) is 2.69. The Labute approximate surface area is 160 Å². The Morgan fingerprint density at radius 1 is 1.11 bits per heavy atom. The van der Waals surface area contributed by atoms with E-state index in [1.54, 1.807) is 36.4 Å². The molecule has 0 unspecified atom stereocenters. The molecule has 144 valence electrons. The zero-order valence-corrected chi connectivity index (χ0v) is 15.6. The van der Waals surface area contributed by atoms with Gasteiger partial charge in [-0.15, -0.1) is 5.10 Å². The van der Waals surface area contributed by atoms with Crippen LogP contribution in [0.5, 0.6) is 0 Å². The van der Waals surface area contributed by atoms with E-state index in [0.29, 0.717) is 29.4 Å². The number of hydrogen-bond donors (Lipinski definition) is 2. The monoisotopic (exact) mass is 399 g/mol. The van der Waals surface area contributed by atoms with Crippen LogP contribution in [-0.2, 0) is 27.8 Å². The lowest BCUT2D eigenvalue weighted by Gasteiger charge is -2.17. The quantitative estimate of drug-likeness (QED) is 0.650. The maximum absolute atomic E-state index is 12.5. The number of rotatable bonds is 5. The number of carbonyl (C=O) groups excluding carboxylic acids is 1. The average molecular weight is 399 g/mol. The fourth-order valence-electron chi connectivity index (χ4n) is 3.07. The molecule has 0 radical (unpaired) electrons. The summed E-state index contributed by atoms with van der Waals surface area (Å²) in [5.74, 6) is -0.0804. The molecule has 2 heterocycles. The lowest BCUT2D eigenvalue weighted by atomic mass is 10.0. The van der Waals surface area contributed by atoms with Gasteiger partial charge in [-0.1, -0.05) is 17.3 Å². The zero-order valence-electron chi connectivity index (χ0n) is 14.8. The van der Waals surface area contributed by atoms with Crippen molar-refractivity contribution in [2.24, 2.45) is 0 Å². The number of nitrogens with zero attached hydrogens (tertiary/aromatic N) is 3. The minimum atomic E-state index is -3.76. The van der Waals surface area contributed by atoms with E-state index < -0.39 is 10.0 Å². The van der Waals surface area contributed by atoms with Crippen molar-refractivity contribution in [1.82, 2.24) is 19.7 Å². The second kappa shape index (κ2) is 7.13. The van der Waals surface area contributed by atoms with Gasteiger partial charge in [-0.3, -0.25) is 9.59 Å². The van der Waals surface area contributed by atoms with Gasteiger partial charge in [0.05, 0.1) is 16.8 Å². The molecule has 2 aromatic carbocycles. The van der Waals surface area contributed by atoms with E-state index in [1.807, 2.05) is 0 Å². The number of sulfonamides is 1. The first-order valence-corrected chi connectivity index (χ1v) is 10.2. The van der Waals surface area contributed by atoms with E-state index in [1.165, 1.54) is 6.07 Å². The van der Waals surface area contributed by atoms with E-state index in [2.05, 4.69) is 20.4 Å². The molecule has 10 heteroatoms. The van der Waals surface area contributed by atoms with Gasteiger partial charge >= 0.3 is 0 Å². The van der Waals surface area contributed by atoms with Crippen molar-refractivity contribution in [2.45, 2.75) is 24.3 Å². The summed E-state index contributed by atoms with van der Waals surface area (Å²) in [6.45, 7) is 0.0416. The van der Waals surface area contributed by atoms with Crippen LogP contribution >= 0.6 is 0 Å². The van der Waals surface area contributed by atoms with Crippen molar-refractivity contribution < 1.29 is 13.2 Å². The van der Waals surface area contributed by atoms with E-state index in [9.17, 15) is 18.0 Å². The first-order valence-electron chi connectivity index (χ1n) is 8.69. The van der Waals surface area contributed by atoms with Crippen LogP contribution < -0.4 is 15.6 Å². The fourth-order valence-corrected chi connectivity index (χ4v) is 4.14. The number of nitrogens with one attached hydrogen (secondary N) is 2. The molecule has 0 aliphatic carbocycles. The summed E-state index contributed by atoms with van der Waals surface area (Å²) in [7, 11) is -3.76. The molecule has 0 saturated carbocycles. The van der Waals surface area contributed by atoms with Crippen molar-refractivity contribution in [2.75, 3.05) is 11.9 Å². The molecule has 4 rings (SSSR count). The number of hydrogen-bond acceptors (Lipinski definition) is 6. The minimum Gasteiger partial charge on any atom is -0.326 e. The normalized spacial score (nSPS) is 13.9. The third-order valence-electron chi connectivity index (χ3n) is 4.53. The van der Waals surface area contributed by atoms with Crippen LogP contribution in [0.1, 0.15) is 12.0 Å². The summed E-state index contributed by atoms with van der Waals surface area (Å²) in [6, 6.07) is 11.4. The topological polar surface area (TPSA) is 123 Å². The van der Waals surface area contributed by atoms with Gasteiger partial charge in [0.25, 0.3) is 5.56 Å². The van der Waals surface area contributed by atoms with Gasteiger partial charge in [0, 0.05) is 18.7 Å². The molecule has 0 atom stereocenters. The van der Waals surface area contributed by atoms with Crippen LogP contribution in [0.25, 0.3) is 10.9 Å². The van der Waals surface area contributed by atoms with Crippen molar-refractivity contribution in [1.29, 1.82) is 0 Å². The molecule has 0 saturated heterocycles. The molecule has 0 fully saturated rings. The lowest BCUT2D eigenvalue weighted by molar-refractivity contribution is -0.116. The van der Waals surface area contributed by atoms with E-state index in [-0.39, 0.29) is 29.5 Å². The van der Waals surface area contributed by atoms with Crippen molar-refractivity contribution >= 4 is 32.5 Å². The molecule has 9 nitrogen and oxygen atoms in total. The number of benzene rings is 2. The maximum Gasteiger partial charge on any atom is 0.277 e. The molecule has 2 N–H and O–H groups in total. The molecular weight excluding hydrogens is 382 g/mol. The van der Waals surface area contributed by atoms with E-state index >= 15 is 0 Å². The Balaban J connectivity index is 1.48. The largest absolute Gasteiger partial charge is 0.326 e. The van der Waals surface area contributed by atoms with Crippen molar-refractivity contribution in [3.8, 4) is 0 Å². The van der Waals surface area contributed by atoms with E-state index in [4.69, 9.17) is 0 Å². The number of aromatic nitrogens is 3. The number of amides is 1. The van der Waals surface area contributed by atoms with Crippen LogP contribution in [0.3, 0.4) is 0 Å². The minimum absolute atomic E-state index is 0.0108. The molecule has 1 aliphatic rings. The SMILES string of the molecule is O=C1CCc2cc(S(=O)(=O)NCCn3nnc4ccccc4c3=O)ccc2N1. The Hall–Kier alpha value is -3.11. The summed E-state index contributed by atoms with van der Waals surface area (Å²) in [6.07, 6.45) is 0.820. The van der Waals surface area contributed by atoms with E-state index in [0.717, 1.165) is 10.2 Å². The van der Waals surface area contributed by atoms with Gasteiger partial charge in [0.1, 0.15) is 5.52 Å². The molecule has 1 aromatic heterocycles. The number of aryl methyl sites for hydroxylation is 1. The number of carbonyl (C=O) groups is 1. The molecule has 1 aliphatic heterocycles. The summed E-state index contributed by atoms with van der Waals surface area (Å²) in [5.41, 5.74) is 1.58. The van der Waals surface area contributed by atoms with Crippen molar-refractivity contribution in [3.63, 3.8) is 0 Å². The predicted molar refractivity (Wildman–Crippen MR) is 102 cm³/mol. The van der Waals surface area contributed by atoms with Gasteiger partial charge in [-0.2, -0.15) is 0 Å². The molecular formula is C18H17N5O4S. The third-order valence-corrected chi connectivity index (χ3v) is 5.99. The van der Waals surface area contributed by atoms with Gasteiger partial charge in [-0.25, -0.2) is 17.8 Å². The first kappa shape index (κ1) is 18.3. The molecule has 3 aromatic rings. The first-order chi connectivity index (χ1) is 13.4. The predicted octanol–water partition coefficient (Wildman–Crippen LogP) is 0.655. The standard InChI is InChI=1S/C18H17N5O4S/c24-17-8-5-12-11-13(6-7-15(12)20-17)28(26,27)19-9-10-23-18(25)14-3-1-2-4-16(14)21-22-23/h1-4,6-7,11,19H,5,8-10H2,(H,20,24). The summed E-state index contributed by atoms with van der Waals surface area (Å²) >= 11 is 0. The van der Waals surface area contributed by atoms with Gasteiger partial charge in [0.2, 0.25) is 15.9 Å². The van der Waals surface area contributed by atoms with Crippen LogP contribution in [0.15, 0.2) is 52.2 Å². The van der Waals surface area contributed by atoms with Crippen LogP contribution in [0, 0.1) is 0 Å². The maximum atomic E-state index is 12.5. The second-order valence-corrected chi connectivity index (χ2v) is 8.17. The Kier molecular flexibility index (Phi) is 4.65. The Morgan fingerprint density at radius 2 is 1.93 bits per heavy atom. The Bertz CT molecular complexity index is 1240. The highest BCUT2D eigenvalue weighted by Crippen LogP contribution is 2.25. The van der Waals surface area contributed by atoms with Crippen LogP contribution in [0.2, 0.25) is 0 Å². The van der Waals surface area contributed by atoms with Crippen LogP contribution in [-0.4, -0.2) is 35.9 Å². The number of fused-ring (bicyclic) bond motifs is 2. The highest BCUT2D eigenvalue weighted by atomic mass is 32.2. The van der Waals surface area contributed by atoms with Gasteiger partial charge in [0.15, 0.2) is 0 Å². The van der Waals surface area contributed by atoms with Gasteiger partial charge < -0.3 is 5.32 Å². The highest BCUT2D eigenvalue weighted by Gasteiger charge is 2.19. The summed E-state index contributed by atoms with van der Waals surface area (Å²) in [4.78, 5) is 23.9. The molecule has 28 heavy (non-hydrogen) atoms.